The molecule has 0 bridgehead atoms. The Morgan fingerprint density at radius 3 is 2.34 bits per heavy atom. The Morgan fingerprint density at radius 1 is 1.03 bits per heavy atom. The van der Waals surface area contributed by atoms with Crippen LogP contribution < -0.4 is 10.6 Å². The largest absolute Gasteiger partial charge is 0.381 e. The number of aliphatic hydroxyl groups excluding tert-OH is 1. The van der Waals surface area contributed by atoms with Crippen LogP contribution in [0.5, 0.6) is 0 Å². The minimum atomic E-state index is -3.32. The average Bonchev–Trinajstić information content (AvgIpc) is 3.40. The maximum atomic E-state index is 14.0. The van der Waals surface area contributed by atoms with Crippen LogP contribution in [-0.4, -0.2) is 58.9 Å². The van der Waals surface area contributed by atoms with Crippen LogP contribution in [0.25, 0.3) is 0 Å². The highest BCUT2D eigenvalue weighted by Crippen LogP contribution is 2.17. The van der Waals surface area contributed by atoms with Crippen molar-refractivity contribution in [2.75, 3.05) is 13.1 Å². The molecule has 3 N–H and O–H groups in total. The second-order valence-electron chi connectivity index (χ2n) is 9.15. The standard InChI is InChI=1S/C28H31F2N3O4S/c1-19-9-6-7-13-22(19)26(36)32-23(15-20-10-4-3-5-11-20)25(35)27(37)33(18-28(2,29)30)17-24(34)31-16-21-12-8-14-38-21/h3-14,23,25,35H,15-18H2,1-2H3,(H,31,34)(H,32,36). The summed E-state index contributed by atoms with van der Waals surface area (Å²) in [7, 11) is 0. The van der Waals surface area contributed by atoms with Gasteiger partial charge in [-0.3, -0.25) is 14.4 Å². The molecule has 0 aliphatic rings. The molecule has 3 amide bonds. The van der Waals surface area contributed by atoms with Crippen LogP contribution in [0, 0.1) is 6.92 Å². The lowest BCUT2D eigenvalue weighted by atomic mass is 9.99. The topological polar surface area (TPSA) is 98.7 Å². The molecule has 0 saturated heterocycles. The lowest BCUT2D eigenvalue weighted by molar-refractivity contribution is -0.149. The molecule has 202 valence electrons. The number of hydrogen-bond donors (Lipinski definition) is 3. The number of nitrogens with one attached hydrogen (secondary N) is 2. The molecule has 2 aromatic carbocycles. The van der Waals surface area contributed by atoms with Crippen LogP contribution in [0.15, 0.2) is 72.1 Å². The molecule has 0 fully saturated rings. The molecule has 0 spiro atoms. The number of carbonyl (C=O) groups excluding carboxylic acids is 3. The lowest BCUT2D eigenvalue weighted by Gasteiger charge is -2.31. The minimum Gasteiger partial charge on any atom is -0.381 e. The molecule has 1 aromatic heterocycles. The highest BCUT2D eigenvalue weighted by molar-refractivity contribution is 7.09. The van der Waals surface area contributed by atoms with Crippen LogP contribution >= 0.6 is 11.3 Å². The zero-order valence-corrected chi connectivity index (χ0v) is 22.0. The summed E-state index contributed by atoms with van der Waals surface area (Å²) in [5.41, 5.74) is 1.77. The molecule has 1 heterocycles. The number of carbonyl (C=O) groups is 3. The summed E-state index contributed by atoms with van der Waals surface area (Å²) in [4.78, 5) is 40.4. The van der Waals surface area contributed by atoms with Gasteiger partial charge in [0.15, 0.2) is 6.10 Å². The van der Waals surface area contributed by atoms with Crippen LogP contribution in [0.4, 0.5) is 8.78 Å². The van der Waals surface area contributed by atoms with E-state index in [1.54, 1.807) is 61.5 Å². The summed E-state index contributed by atoms with van der Waals surface area (Å²) >= 11 is 1.42. The number of aryl methyl sites for hydroxylation is 1. The second kappa shape index (κ2) is 13.3. The predicted molar refractivity (Wildman–Crippen MR) is 142 cm³/mol. The molecule has 3 rings (SSSR count). The minimum absolute atomic E-state index is 0.0618. The van der Waals surface area contributed by atoms with Gasteiger partial charge in [-0.1, -0.05) is 54.6 Å². The molecule has 0 aliphatic carbocycles. The molecule has 0 saturated carbocycles. The number of amides is 3. The van der Waals surface area contributed by atoms with Gasteiger partial charge in [0.1, 0.15) is 0 Å². The van der Waals surface area contributed by atoms with E-state index in [1.165, 1.54) is 11.3 Å². The summed E-state index contributed by atoms with van der Waals surface area (Å²) in [6.07, 6.45) is -1.82. The molecule has 10 heteroatoms. The number of thiophene rings is 1. The number of halogens is 2. The molecule has 3 aromatic rings. The van der Waals surface area contributed by atoms with E-state index in [4.69, 9.17) is 0 Å². The maximum absolute atomic E-state index is 14.0. The Balaban J connectivity index is 1.80. The van der Waals surface area contributed by atoms with Crippen molar-refractivity contribution < 1.29 is 28.3 Å². The van der Waals surface area contributed by atoms with Gasteiger partial charge in [0.05, 0.1) is 25.7 Å². The highest BCUT2D eigenvalue weighted by Gasteiger charge is 2.36. The first-order valence-electron chi connectivity index (χ1n) is 12.1. The van der Waals surface area contributed by atoms with Crippen molar-refractivity contribution in [1.82, 2.24) is 15.5 Å². The fourth-order valence-corrected chi connectivity index (χ4v) is 4.56. The van der Waals surface area contributed by atoms with Gasteiger partial charge in [0.25, 0.3) is 17.7 Å². The van der Waals surface area contributed by atoms with Crippen molar-refractivity contribution in [3.8, 4) is 0 Å². The van der Waals surface area contributed by atoms with Gasteiger partial charge in [-0.15, -0.1) is 11.3 Å². The van der Waals surface area contributed by atoms with Gasteiger partial charge in [-0.2, -0.15) is 0 Å². The Kier molecular flexibility index (Phi) is 10.1. The van der Waals surface area contributed by atoms with Crippen LogP contribution in [0.1, 0.15) is 33.3 Å². The normalized spacial score (nSPS) is 12.9. The van der Waals surface area contributed by atoms with Gasteiger partial charge >= 0.3 is 0 Å². The molecular weight excluding hydrogens is 512 g/mol. The summed E-state index contributed by atoms with van der Waals surface area (Å²) in [6.45, 7) is 0.827. The second-order valence-corrected chi connectivity index (χ2v) is 10.2. The van der Waals surface area contributed by atoms with Crippen LogP contribution in [0.2, 0.25) is 0 Å². The van der Waals surface area contributed by atoms with Crippen LogP contribution in [-0.2, 0) is 22.6 Å². The van der Waals surface area contributed by atoms with Crippen molar-refractivity contribution >= 4 is 29.1 Å². The Morgan fingerprint density at radius 2 is 1.71 bits per heavy atom. The third-order valence-corrected chi connectivity index (χ3v) is 6.67. The van der Waals surface area contributed by atoms with E-state index in [0.29, 0.717) is 23.0 Å². The zero-order chi connectivity index (χ0) is 27.7. The number of hydrogen-bond acceptors (Lipinski definition) is 5. The first kappa shape index (κ1) is 28.9. The molecule has 2 atom stereocenters. The van der Waals surface area contributed by atoms with E-state index in [1.807, 2.05) is 17.5 Å². The zero-order valence-electron chi connectivity index (χ0n) is 21.2. The number of rotatable bonds is 12. The molecule has 0 aliphatic heterocycles. The average molecular weight is 544 g/mol. The summed E-state index contributed by atoms with van der Waals surface area (Å²) < 4.78 is 28.0. The Bertz CT molecular complexity index is 1220. The molecule has 0 radical (unpaired) electrons. The van der Waals surface area contributed by atoms with Gasteiger partial charge < -0.3 is 20.6 Å². The quantitative estimate of drug-likeness (QED) is 0.325. The Hall–Kier alpha value is -3.63. The van der Waals surface area contributed by atoms with Gasteiger partial charge in [0, 0.05) is 17.4 Å². The Labute approximate surface area is 224 Å². The smallest absolute Gasteiger partial charge is 0.262 e. The lowest BCUT2D eigenvalue weighted by Crippen LogP contribution is -2.55. The van der Waals surface area contributed by atoms with Crippen molar-refractivity contribution in [2.45, 2.75) is 44.9 Å². The monoisotopic (exact) mass is 543 g/mol. The number of benzene rings is 2. The number of nitrogens with zero attached hydrogens (tertiary/aromatic N) is 1. The summed E-state index contributed by atoms with van der Waals surface area (Å²) in [5, 5.41) is 18.2. The fourth-order valence-electron chi connectivity index (χ4n) is 3.92. The van der Waals surface area contributed by atoms with E-state index in [2.05, 4.69) is 10.6 Å². The summed E-state index contributed by atoms with van der Waals surface area (Å²) in [5.74, 6) is -5.56. The van der Waals surface area contributed by atoms with Crippen molar-refractivity contribution in [3.63, 3.8) is 0 Å². The number of alkyl halides is 2. The van der Waals surface area contributed by atoms with E-state index < -0.39 is 48.9 Å². The van der Waals surface area contributed by atoms with Crippen molar-refractivity contribution in [1.29, 1.82) is 0 Å². The molecule has 38 heavy (non-hydrogen) atoms. The van der Waals surface area contributed by atoms with Gasteiger partial charge in [0.2, 0.25) is 5.91 Å². The third kappa shape index (κ3) is 8.74. The van der Waals surface area contributed by atoms with Crippen LogP contribution in [0.3, 0.4) is 0 Å². The maximum Gasteiger partial charge on any atom is 0.262 e. The molecule has 2 unspecified atom stereocenters. The van der Waals surface area contributed by atoms with Gasteiger partial charge in [-0.05, 0) is 42.0 Å². The van der Waals surface area contributed by atoms with E-state index >= 15 is 0 Å². The van der Waals surface area contributed by atoms with E-state index in [9.17, 15) is 28.3 Å². The number of aliphatic hydroxyl groups is 1. The van der Waals surface area contributed by atoms with Crippen molar-refractivity contribution in [3.05, 3.63) is 93.7 Å². The molecular formula is C28H31F2N3O4S. The summed E-state index contributed by atoms with van der Waals surface area (Å²) in [6, 6.07) is 18.2. The van der Waals surface area contributed by atoms with Crippen molar-refractivity contribution in [2.24, 2.45) is 0 Å². The predicted octanol–water partition coefficient (Wildman–Crippen LogP) is 3.56. The highest BCUT2D eigenvalue weighted by atomic mass is 32.1. The first-order valence-corrected chi connectivity index (χ1v) is 13.0. The van der Waals surface area contributed by atoms with Gasteiger partial charge in [-0.25, -0.2) is 8.78 Å². The van der Waals surface area contributed by atoms with E-state index in [-0.39, 0.29) is 13.0 Å². The SMILES string of the molecule is Cc1ccccc1C(=O)NC(Cc1ccccc1)C(O)C(=O)N(CC(=O)NCc1cccs1)CC(C)(F)F. The van der Waals surface area contributed by atoms with E-state index in [0.717, 1.165) is 10.4 Å². The third-order valence-electron chi connectivity index (χ3n) is 5.79. The molecule has 7 nitrogen and oxygen atoms in total. The first-order chi connectivity index (χ1) is 18.0. The fraction of sp³-hybridized carbons (Fsp3) is 0.321.